The number of hydrogen-bond donors (Lipinski definition) is 0. The van der Waals surface area contributed by atoms with Crippen LogP contribution in [0.1, 0.15) is 0 Å². The van der Waals surface area contributed by atoms with Crippen LogP contribution in [0, 0.1) is 47.3 Å². The molecule has 6 saturated carbocycles. The summed E-state index contributed by atoms with van der Waals surface area (Å²) < 4.78 is 11.9. The first-order valence-electron chi connectivity index (χ1n) is 6.18. The van der Waals surface area contributed by atoms with Gasteiger partial charge in [-0.2, -0.15) is 0 Å². The van der Waals surface area contributed by atoms with Crippen molar-refractivity contribution in [1.82, 2.24) is 0 Å². The predicted molar refractivity (Wildman–Crippen MR) is 47.6 cm³/mol. The summed E-state index contributed by atoms with van der Waals surface area (Å²) in [6.45, 7) is 1.49. The zero-order valence-electron chi connectivity index (χ0n) is 8.26. The highest BCUT2D eigenvalue weighted by Crippen LogP contribution is 2.90. The molecule has 7 fully saturated rings. The van der Waals surface area contributed by atoms with Crippen LogP contribution in [0.25, 0.3) is 0 Å². The number of ether oxygens (including phenoxy) is 2. The van der Waals surface area contributed by atoms with Crippen molar-refractivity contribution in [2.75, 3.05) is 13.2 Å². The lowest BCUT2D eigenvalue weighted by molar-refractivity contribution is -0.225. The molecule has 8 atom stereocenters. The van der Waals surface area contributed by atoms with Gasteiger partial charge in [0.05, 0.1) is 13.2 Å². The van der Waals surface area contributed by atoms with Crippen LogP contribution in [0.4, 0.5) is 0 Å². The van der Waals surface area contributed by atoms with Gasteiger partial charge in [0, 0.05) is 23.7 Å². The average molecular weight is 204 g/mol. The molecule has 0 radical (unpaired) electrons. The van der Waals surface area contributed by atoms with Gasteiger partial charge in [0.15, 0.2) is 5.79 Å². The van der Waals surface area contributed by atoms with Gasteiger partial charge in [-0.3, -0.25) is 4.79 Å². The highest BCUT2D eigenvalue weighted by molar-refractivity contribution is 5.94. The van der Waals surface area contributed by atoms with Crippen LogP contribution in [-0.2, 0) is 14.3 Å². The zero-order chi connectivity index (χ0) is 9.52. The molecule has 1 heterocycles. The number of rotatable bonds is 0. The molecule has 78 valence electrons. The lowest BCUT2D eigenvalue weighted by atomic mass is 9.41. The summed E-state index contributed by atoms with van der Waals surface area (Å²) in [5.41, 5.74) is 0. The van der Waals surface area contributed by atoms with Gasteiger partial charge in [-0.05, 0) is 23.7 Å². The summed E-state index contributed by atoms with van der Waals surface area (Å²) in [5, 5.41) is 0. The molecule has 6 aliphatic carbocycles. The third-order valence-corrected chi connectivity index (χ3v) is 6.53. The molecule has 3 heteroatoms. The maximum atomic E-state index is 12.1. The number of carbonyl (C=O) groups excluding carboxylic acids is 1. The number of ketones is 1. The van der Waals surface area contributed by atoms with Crippen LogP contribution in [-0.4, -0.2) is 24.8 Å². The Hall–Kier alpha value is -0.410. The molecule has 1 aliphatic heterocycles. The van der Waals surface area contributed by atoms with Crippen LogP contribution < -0.4 is 0 Å². The predicted octanol–water partition coefficient (Wildman–Crippen LogP) is 0.296. The normalized spacial score (nSPS) is 72.9. The molecule has 0 unspecified atom stereocenters. The van der Waals surface area contributed by atoms with E-state index in [9.17, 15) is 4.79 Å². The molecule has 15 heavy (non-hydrogen) atoms. The average Bonchev–Trinajstić information content (AvgIpc) is 2.87. The fourth-order valence-electron chi connectivity index (χ4n) is 6.65. The summed E-state index contributed by atoms with van der Waals surface area (Å²) in [5.74, 6) is 5.07. The van der Waals surface area contributed by atoms with E-state index >= 15 is 0 Å². The van der Waals surface area contributed by atoms with Gasteiger partial charge in [0.1, 0.15) is 5.78 Å². The van der Waals surface area contributed by atoms with E-state index < -0.39 is 0 Å². The highest BCUT2D eigenvalue weighted by Gasteiger charge is 2.95. The van der Waals surface area contributed by atoms with E-state index in [0.29, 0.717) is 41.3 Å². The summed E-state index contributed by atoms with van der Waals surface area (Å²) in [7, 11) is 0. The minimum atomic E-state index is -0.276. The zero-order valence-corrected chi connectivity index (χ0v) is 8.26. The second-order valence-corrected chi connectivity index (χ2v) is 6.23. The first-order chi connectivity index (χ1) is 7.36. The molecule has 0 aromatic carbocycles. The lowest BCUT2D eigenvalue weighted by Gasteiger charge is -2.61. The van der Waals surface area contributed by atoms with E-state index in [4.69, 9.17) is 9.47 Å². The summed E-state index contributed by atoms with van der Waals surface area (Å²) >= 11 is 0. The third-order valence-electron chi connectivity index (χ3n) is 6.53. The standard InChI is InChI=1S/C12H12O3/c13-11-7-3-4-6(7)10-8(11)5(3)9(4)12(10)14-1-2-15-12/h3-10H,1-2H2/t3-,4-,5-,6+,7-,8-,9+,10+/m1/s1. The van der Waals surface area contributed by atoms with Crippen LogP contribution >= 0.6 is 0 Å². The Morgan fingerprint density at radius 3 is 2.33 bits per heavy atom. The SMILES string of the molecule is O=C1[C@@H]2[C@@H]3[C@@H]4[C@@H]2[C@H]2[C@H]1[C@@H]3[C@H]4C21OCCO1. The lowest BCUT2D eigenvalue weighted by Crippen LogP contribution is -2.61. The molecule has 3 nitrogen and oxygen atoms in total. The molecular formula is C12H12O3. The van der Waals surface area contributed by atoms with E-state index in [1.807, 2.05) is 0 Å². The van der Waals surface area contributed by atoms with E-state index in [2.05, 4.69) is 0 Å². The summed E-state index contributed by atoms with van der Waals surface area (Å²) in [6.07, 6.45) is 0. The largest absolute Gasteiger partial charge is 0.347 e. The van der Waals surface area contributed by atoms with Crippen LogP contribution in [0.2, 0.25) is 0 Å². The Bertz CT molecular complexity index is 425. The minimum absolute atomic E-state index is 0.276. The Morgan fingerprint density at radius 2 is 1.67 bits per heavy atom. The van der Waals surface area contributed by atoms with Crippen molar-refractivity contribution in [2.24, 2.45) is 47.3 Å². The van der Waals surface area contributed by atoms with Crippen molar-refractivity contribution in [1.29, 1.82) is 0 Å². The first-order valence-corrected chi connectivity index (χ1v) is 6.18. The Balaban J connectivity index is 1.66. The van der Waals surface area contributed by atoms with Crippen molar-refractivity contribution in [3.63, 3.8) is 0 Å². The van der Waals surface area contributed by atoms with Crippen LogP contribution in [0.5, 0.6) is 0 Å². The molecule has 4 bridgehead atoms. The summed E-state index contributed by atoms with van der Waals surface area (Å²) in [6, 6.07) is 0. The van der Waals surface area contributed by atoms with Gasteiger partial charge in [0.25, 0.3) is 0 Å². The number of Topliss-reactive ketones (excluding diaryl/α,β-unsaturated/α-hetero) is 1. The van der Waals surface area contributed by atoms with Crippen molar-refractivity contribution in [2.45, 2.75) is 5.79 Å². The quantitative estimate of drug-likeness (QED) is 0.569. The molecule has 0 N–H and O–H groups in total. The minimum Gasteiger partial charge on any atom is -0.347 e. The fourth-order valence-corrected chi connectivity index (χ4v) is 6.65. The Morgan fingerprint density at radius 1 is 0.933 bits per heavy atom. The maximum absolute atomic E-state index is 12.1. The highest BCUT2D eigenvalue weighted by atomic mass is 16.7. The molecule has 1 saturated heterocycles. The van der Waals surface area contributed by atoms with Gasteiger partial charge >= 0.3 is 0 Å². The summed E-state index contributed by atoms with van der Waals surface area (Å²) in [4.78, 5) is 12.1. The second-order valence-electron chi connectivity index (χ2n) is 6.23. The molecule has 0 amide bonds. The molecule has 7 rings (SSSR count). The second kappa shape index (κ2) is 1.61. The maximum Gasteiger partial charge on any atom is 0.175 e. The number of hydrogen-bond acceptors (Lipinski definition) is 3. The van der Waals surface area contributed by atoms with Gasteiger partial charge in [-0.1, -0.05) is 0 Å². The van der Waals surface area contributed by atoms with Crippen molar-refractivity contribution in [3.05, 3.63) is 0 Å². The molecule has 0 aromatic rings. The van der Waals surface area contributed by atoms with Gasteiger partial charge in [-0.15, -0.1) is 0 Å². The van der Waals surface area contributed by atoms with E-state index in [1.165, 1.54) is 0 Å². The van der Waals surface area contributed by atoms with Crippen LogP contribution in [0.15, 0.2) is 0 Å². The van der Waals surface area contributed by atoms with E-state index in [1.54, 1.807) is 0 Å². The Kier molecular flexibility index (Phi) is 0.753. The molecule has 7 aliphatic rings. The Labute approximate surface area is 87.1 Å². The van der Waals surface area contributed by atoms with Crippen molar-refractivity contribution in [3.8, 4) is 0 Å². The van der Waals surface area contributed by atoms with E-state index in [0.717, 1.165) is 25.0 Å². The number of carbonyl (C=O) groups is 1. The molecule has 0 aromatic heterocycles. The van der Waals surface area contributed by atoms with Gasteiger partial charge < -0.3 is 9.47 Å². The molecular weight excluding hydrogens is 192 g/mol. The van der Waals surface area contributed by atoms with Crippen LogP contribution in [0.3, 0.4) is 0 Å². The van der Waals surface area contributed by atoms with E-state index in [-0.39, 0.29) is 5.79 Å². The third kappa shape index (κ3) is 0.388. The molecule has 1 spiro atoms. The smallest absolute Gasteiger partial charge is 0.175 e. The fraction of sp³-hybridized carbons (Fsp3) is 0.917. The van der Waals surface area contributed by atoms with Crippen molar-refractivity contribution < 1.29 is 14.3 Å². The monoisotopic (exact) mass is 204 g/mol. The van der Waals surface area contributed by atoms with Crippen molar-refractivity contribution >= 4 is 5.78 Å². The van der Waals surface area contributed by atoms with Gasteiger partial charge in [-0.25, -0.2) is 0 Å². The van der Waals surface area contributed by atoms with Gasteiger partial charge in [0.2, 0.25) is 0 Å². The topological polar surface area (TPSA) is 35.5 Å². The first kappa shape index (κ1) is 7.02.